The molecule has 1 atom stereocenters. The van der Waals surface area contributed by atoms with Gasteiger partial charge in [0.2, 0.25) is 5.91 Å². The number of anilines is 2. The zero-order chi connectivity index (χ0) is 28.8. The van der Waals surface area contributed by atoms with Crippen LogP contribution in [-0.2, 0) is 9.59 Å². The Morgan fingerprint density at radius 3 is 2.48 bits per heavy atom. The summed E-state index contributed by atoms with van der Waals surface area (Å²) in [7, 11) is 2.96. The molecule has 4 rings (SSSR count). The lowest BCUT2D eigenvalue weighted by Crippen LogP contribution is -2.31. The largest absolute Gasteiger partial charge is 0.495 e. The summed E-state index contributed by atoms with van der Waals surface area (Å²) in [4.78, 5) is 27.4. The predicted molar refractivity (Wildman–Crippen MR) is 161 cm³/mol. The van der Waals surface area contributed by atoms with E-state index in [0.717, 1.165) is 10.4 Å². The predicted octanol–water partition coefficient (Wildman–Crippen LogP) is 6.43. The molecule has 0 fully saturated rings. The first-order chi connectivity index (χ1) is 19.3. The molecule has 2 amide bonds. The van der Waals surface area contributed by atoms with Crippen LogP contribution in [-0.4, -0.2) is 31.8 Å². The van der Waals surface area contributed by atoms with Crippen molar-refractivity contribution in [3.8, 4) is 17.6 Å². The fraction of sp³-hybridized carbons (Fsp3) is 0.207. The van der Waals surface area contributed by atoms with Gasteiger partial charge in [0.05, 0.1) is 53.3 Å². The number of nitriles is 1. The molecule has 11 heteroatoms. The van der Waals surface area contributed by atoms with Crippen LogP contribution >= 0.6 is 34.7 Å². The Hall–Kier alpha value is -3.91. The second-order valence-corrected chi connectivity index (χ2v) is 11.1. The number of carbonyl (C=O) groups is 2. The number of halogens is 1. The summed E-state index contributed by atoms with van der Waals surface area (Å²) in [5.41, 5.74) is 3.46. The van der Waals surface area contributed by atoms with Gasteiger partial charge in [-0.05, 0) is 36.9 Å². The Morgan fingerprint density at radius 1 is 1.07 bits per heavy atom. The highest BCUT2D eigenvalue weighted by Gasteiger charge is 2.35. The molecule has 0 unspecified atom stereocenters. The minimum atomic E-state index is -0.582. The SMILES string of the molecule is COc1cc(NC(=O)CSC2=C(C#N)[C@H](c3cccs3)C(C(=O)Nc3ccccc3C)=C(C)N2)c(OC)cc1Cl. The van der Waals surface area contributed by atoms with Gasteiger partial charge in [-0.1, -0.05) is 47.6 Å². The second kappa shape index (κ2) is 13.0. The van der Waals surface area contributed by atoms with E-state index < -0.39 is 5.92 Å². The van der Waals surface area contributed by atoms with Crippen LogP contribution in [0, 0.1) is 18.3 Å². The summed E-state index contributed by atoms with van der Waals surface area (Å²) < 4.78 is 10.6. The van der Waals surface area contributed by atoms with E-state index in [1.165, 1.54) is 37.3 Å². The summed E-state index contributed by atoms with van der Waals surface area (Å²) in [6.45, 7) is 3.72. The Bertz CT molecular complexity index is 1540. The first kappa shape index (κ1) is 29.1. The number of thioether (sulfide) groups is 1. The van der Waals surface area contributed by atoms with Gasteiger partial charge >= 0.3 is 0 Å². The lowest BCUT2D eigenvalue weighted by atomic mass is 9.86. The summed E-state index contributed by atoms with van der Waals surface area (Å²) in [5.74, 6) is -0.423. The first-order valence-corrected chi connectivity index (χ1v) is 14.4. The lowest BCUT2D eigenvalue weighted by molar-refractivity contribution is -0.114. The number of carbonyl (C=O) groups excluding carboxylic acids is 2. The highest BCUT2D eigenvalue weighted by atomic mass is 35.5. The number of hydrogen-bond donors (Lipinski definition) is 3. The van der Waals surface area contributed by atoms with Crippen molar-refractivity contribution in [1.29, 1.82) is 5.26 Å². The Kier molecular flexibility index (Phi) is 9.42. The highest BCUT2D eigenvalue weighted by molar-refractivity contribution is 8.03. The first-order valence-electron chi connectivity index (χ1n) is 12.1. The van der Waals surface area contributed by atoms with Crippen molar-refractivity contribution in [2.45, 2.75) is 19.8 Å². The van der Waals surface area contributed by atoms with Crippen molar-refractivity contribution < 1.29 is 19.1 Å². The van der Waals surface area contributed by atoms with E-state index in [2.05, 4.69) is 22.0 Å². The molecule has 2 aromatic carbocycles. The van der Waals surface area contributed by atoms with Gasteiger partial charge in [0.1, 0.15) is 11.5 Å². The zero-order valence-electron chi connectivity index (χ0n) is 22.3. The van der Waals surface area contributed by atoms with Gasteiger partial charge in [0.25, 0.3) is 5.91 Å². The molecule has 206 valence electrons. The number of rotatable bonds is 9. The van der Waals surface area contributed by atoms with Crippen molar-refractivity contribution in [2.24, 2.45) is 0 Å². The number of aryl methyl sites for hydroxylation is 1. The number of hydrogen-bond acceptors (Lipinski definition) is 8. The van der Waals surface area contributed by atoms with Crippen molar-refractivity contribution in [3.63, 3.8) is 0 Å². The van der Waals surface area contributed by atoms with E-state index in [9.17, 15) is 14.9 Å². The summed E-state index contributed by atoms with van der Waals surface area (Å²) in [6, 6.07) is 16.7. The van der Waals surface area contributed by atoms with E-state index in [1.54, 1.807) is 19.1 Å². The number of allylic oxidation sites excluding steroid dienone is 2. The molecule has 0 aliphatic carbocycles. The molecule has 40 heavy (non-hydrogen) atoms. The molecule has 1 aromatic heterocycles. The fourth-order valence-corrected chi connectivity index (χ4v) is 6.22. The van der Waals surface area contributed by atoms with Crippen LogP contribution in [0.25, 0.3) is 0 Å². The number of benzene rings is 2. The third-order valence-electron chi connectivity index (χ3n) is 6.21. The summed E-state index contributed by atoms with van der Waals surface area (Å²) >= 11 is 8.82. The van der Waals surface area contributed by atoms with Crippen LogP contribution in [0.3, 0.4) is 0 Å². The lowest BCUT2D eigenvalue weighted by Gasteiger charge is -2.29. The maximum absolute atomic E-state index is 13.6. The summed E-state index contributed by atoms with van der Waals surface area (Å²) in [6.07, 6.45) is 0. The smallest absolute Gasteiger partial charge is 0.254 e. The number of amides is 2. The molecule has 1 aliphatic heterocycles. The van der Waals surface area contributed by atoms with E-state index in [1.807, 2.05) is 48.7 Å². The molecule has 3 aromatic rings. The molecular formula is C29H27ClN4O4S2. The third-order valence-corrected chi connectivity index (χ3v) is 8.46. The van der Waals surface area contributed by atoms with Crippen LogP contribution in [0.1, 0.15) is 23.3 Å². The van der Waals surface area contributed by atoms with Crippen LogP contribution in [0.5, 0.6) is 11.5 Å². The van der Waals surface area contributed by atoms with Crippen LogP contribution in [0.15, 0.2) is 75.8 Å². The Balaban J connectivity index is 1.58. The van der Waals surface area contributed by atoms with E-state index in [-0.39, 0.29) is 17.6 Å². The van der Waals surface area contributed by atoms with Crippen molar-refractivity contribution in [1.82, 2.24) is 5.32 Å². The van der Waals surface area contributed by atoms with Gasteiger partial charge < -0.3 is 25.4 Å². The minimum absolute atomic E-state index is 0.00318. The van der Waals surface area contributed by atoms with E-state index in [0.29, 0.717) is 49.8 Å². The van der Waals surface area contributed by atoms with Gasteiger partial charge in [-0.15, -0.1) is 11.3 Å². The number of nitrogens with zero attached hydrogens (tertiary/aromatic N) is 1. The van der Waals surface area contributed by atoms with E-state index in [4.69, 9.17) is 21.1 Å². The second-order valence-electron chi connectivity index (χ2n) is 8.76. The maximum Gasteiger partial charge on any atom is 0.254 e. The van der Waals surface area contributed by atoms with Crippen molar-refractivity contribution in [3.05, 3.63) is 91.2 Å². The number of para-hydroxylation sites is 1. The molecule has 0 saturated carbocycles. The molecule has 1 aliphatic rings. The normalized spacial score (nSPS) is 14.8. The molecule has 3 N–H and O–H groups in total. The standard InChI is InChI=1S/C29H27ClN4O4S2/c1-16-8-5-6-9-20(16)34-28(36)26-17(2)32-29(18(14-31)27(26)24-10-7-11-39-24)40-15-25(35)33-21-13-22(37-3)19(30)12-23(21)38-4/h5-13,27,32H,15H2,1-4H3,(H,33,35)(H,34,36)/t27-/m1/s1. The number of thiophene rings is 1. The number of ether oxygens (including phenoxy) is 2. The Labute approximate surface area is 246 Å². The van der Waals surface area contributed by atoms with Crippen LogP contribution in [0.2, 0.25) is 5.02 Å². The monoisotopic (exact) mass is 594 g/mol. The minimum Gasteiger partial charge on any atom is -0.495 e. The number of dihydropyridines is 1. The topological polar surface area (TPSA) is 112 Å². The van der Waals surface area contributed by atoms with Gasteiger partial charge in [-0.2, -0.15) is 5.26 Å². The highest BCUT2D eigenvalue weighted by Crippen LogP contribution is 2.43. The molecule has 0 bridgehead atoms. The third kappa shape index (κ3) is 6.28. The molecule has 0 radical (unpaired) electrons. The molecule has 0 saturated heterocycles. The van der Waals surface area contributed by atoms with Gasteiger partial charge in [-0.3, -0.25) is 9.59 Å². The van der Waals surface area contributed by atoms with Gasteiger partial charge in [-0.25, -0.2) is 0 Å². The number of nitrogens with one attached hydrogen (secondary N) is 3. The van der Waals surface area contributed by atoms with Crippen LogP contribution in [0.4, 0.5) is 11.4 Å². The van der Waals surface area contributed by atoms with Crippen molar-refractivity contribution >= 4 is 57.9 Å². The average Bonchev–Trinajstić information content (AvgIpc) is 3.48. The zero-order valence-corrected chi connectivity index (χ0v) is 24.6. The quantitative estimate of drug-likeness (QED) is 0.261. The number of methoxy groups -OCH3 is 2. The van der Waals surface area contributed by atoms with Gasteiger partial charge in [0, 0.05) is 34.0 Å². The molecule has 0 spiro atoms. The van der Waals surface area contributed by atoms with Crippen molar-refractivity contribution in [2.75, 3.05) is 30.6 Å². The van der Waals surface area contributed by atoms with Crippen LogP contribution < -0.4 is 25.4 Å². The maximum atomic E-state index is 13.6. The fourth-order valence-electron chi connectivity index (χ4n) is 4.25. The average molecular weight is 595 g/mol. The van der Waals surface area contributed by atoms with Gasteiger partial charge in [0.15, 0.2) is 0 Å². The Morgan fingerprint density at radius 2 is 1.82 bits per heavy atom. The molecule has 8 nitrogen and oxygen atoms in total. The molecule has 2 heterocycles. The molecular weight excluding hydrogens is 568 g/mol. The van der Waals surface area contributed by atoms with E-state index >= 15 is 0 Å². The summed E-state index contributed by atoms with van der Waals surface area (Å²) in [5, 5.41) is 22.0.